The number of amides is 1. The molecule has 0 bridgehead atoms. The summed E-state index contributed by atoms with van der Waals surface area (Å²) in [6.07, 6.45) is 20.0. The van der Waals surface area contributed by atoms with Crippen molar-refractivity contribution in [3.8, 4) is 5.75 Å². The third-order valence-electron chi connectivity index (χ3n) is 10.6. The maximum atomic E-state index is 14.8. The molecule has 1 aromatic heterocycles. The molecule has 3 aromatic rings. The van der Waals surface area contributed by atoms with Crippen LogP contribution in [0.2, 0.25) is 0 Å². The first-order valence-electron chi connectivity index (χ1n) is 21.6. The van der Waals surface area contributed by atoms with Gasteiger partial charge in [-0.15, -0.1) is 0 Å². The number of anilines is 1. The van der Waals surface area contributed by atoms with E-state index in [0.717, 1.165) is 61.5 Å². The lowest BCUT2D eigenvalue weighted by Gasteiger charge is -2.34. The van der Waals surface area contributed by atoms with Crippen molar-refractivity contribution in [3.63, 3.8) is 0 Å². The third-order valence-corrected chi connectivity index (χ3v) is 12.4. The number of carbonyl (C=O) groups excluding carboxylic acids is 4. The first kappa shape index (κ1) is 48.4. The predicted molar refractivity (Wildman–Crippen MR) is 233 cm³/mol. The first-order valence-corrected chi connectivity index (χ1v) is 23.1. The lowest BCUT2D eigenvalue weighted by atomic mass is 10.0. The van der Waals surface area contributed by atoms with Gasteiger partial charge in [-0.3, -0.25) is 9.10 Å². The number of nitrogens with one attached hydrogen (secondary N) is 1. The van der Waals surface area contributed by atoms with Gasteiger partial charge in [-0.2, -0.15) is 0 Å². The first-order chi connectivity index (χ1) is 29.5. The van der Waals surface area contributed by atoms with Gasteiger partial charge in [0.15, 0.2) is 23.3 Å². The highest BCUT2D eigenvalue weighted by Gasteiger charge is 2.43. The van der Waals surface area contributed by atoms with Gasteiger partial charge in [0.2, 0.25) is 0 Å². The molecule has 1 amide bonds. The largest absolute Gasteiger partial charge is 0.495 e. The number of esters is 3. The highest BCUT2D eigenvalue weighted by molar-refractivity contribution is 7.90. The number of nitrogens with zero attached hydrogens (tertiary/aromatic N) is 4. The minimum absolute atomic E-state index is 0.0358. The van der Waals surface area contributed by atoms with Crippen molar-refractivity contribution in [3.05, 3.63) is 65.7 Å². The molecule has 4 rings (SSSR count). The van der Waals surface area contributed by atoms with E-state index in [2.05, 4.69) is 17.2 Å². The summed E-state index contributed by atoms with van der Waals surface area (Å²) in [5.41, 5.74) is -0.706. The van der Waals surface area contributed by atoms with Gasteiger partial charge in [-0.25, -0.2) is 32.8 Å². The van der Waals surface area contributed by atoms with Crippen molar-refractivity contribution in [2.24, 2.45) is 4.99 Å². The van der Waals surface area contributed by atoms with Gasteiger partial charge in [0.05, 0.1) is 51.2 Å². The monoisotopic (exact) mass is 865 g/mol. The Balaban J connectivity index is 1.61. The predicted octanol–water partition coefficient (Wildman–Crippen LogP) is 9.21. The van der Waals surface area contributed by atoms with E-state index in [4.69, 9.17) is 23.9 Å². The number of methoxy groups -OCH3 is 3. The van der Waals surface area contributed by atoms with E-state index in [0.29, 0.717) is 12.8 Å². The van der Waals surface area contributed by atoms with Crippen LogP contribution in [0.3, 0.4) is 0 Å². The van der Waals surface area contributed by atoms with E-state index in [1.165, 1.54) is 102 Å². The number of carbonyl (C=O) groups is 4. The van der Waals surface area contributed by atoms with Crippen LogP contribution in [0.4, 0.5) is 11.4 Å². The zero-order chi connectivity index (χ0) is 44.2. The number of hydrogen-bond acceptors (Lipinski definition) is 12. The van der Waals surface area contributed by atoms with Crippen LogP contribution in [-0.2, 0) is 29.0 Å². The molecule has 16 heteroatoms. The number of sulfonamides is 1. The second-order valence-electron chi connectivity index (χ2n) is 15.1. The van der Waals surface area contributed by atoms with Crippen LogP contribution in [0.1, 0.15) is 160 Å². The van der Waals surface area contributed by atoms with E-state index < -0.39 is 51.3 Å². The van der Waals surface area contributed by atoms with Crippen molar-refractivity contribution in [2.75, 3.05) is 39.8 Å². The molecule has 2 aromatic carbocycles. The van der Waals surface area contributed by atoms with Crippen LogP contribution in [0.5, 0.6) is 5.75 Å². The molecule has 0 fully saturated rings. The summed E-state index contributed by atoms with van der Waals surface area (Å²) in [6.45, 7) is 4.24. The van der Waals surface area contributed by atoms with Gasteiger partial charge in [-0.05, 0) is 43.2 Å². The summed E-state index contributed by atoms with van der Waals surface area (Å²) in [6, 6.07) is 8.74. The van der Waals surface area contributed by atoms with Crippen LogP contribution in [-0.4, -0.2) is 86.4 Å². The van der Waals surface area contributed by atoms with Gasteiger partial charge < -0.3 is 28.8 Å². The molecule has 1 aliphatic heterocycles. The maximum absolute atomic E-state index is 14.8. The Labute approximate surface area is 360 Å². The lowest BCUT2D eigenvalue weighted by Crippen LogP contribution is -2.48. The number of rotatable bonds is 27. The summed E-state index contributed by atoms with van der Waals surface area (Å²) < 4.78 is 51.9. The summed E-state index contributed by atoms with van der Waals surface area (Å²) in [7, 11) is -0.742. The number of imidazole rings is 1. The Hall–Kier alpha value is -5.25. The highest BCUT2D eigenvalue weighted by Crippen LogP contribution is 2.37. The second-order valence-corrected chi connectivity index (χ2v) is 16.9. The van der Waals surface area contributed by atoms with Crippen LogP contribution < -0.4 is 10.1 Å². The van der Waals surface area contributed by atoms with Crippen molar-refractivity contribution >= 4 is 51.0 Å². The average molecular weight is 866 g/mol. The lowest BCUT2D eigenvalue weighted by molar-refractivity contribution is -0.117. The van der Waals surface area contributed by atoms with E-state index in [1.807, 2.05) is 6.92 Å². The van der Waals surface area contributed by atoms with Crippen molar-refractivity contribution in [2.45, 2.75) is 134 Å². The smallest absolute Gasteiger partial charge is 0.359 e. The Bertz CT molecular complexity index is 2070. The fourth-order valence-electron chi connectivity index (χ4n) is 7.31. The molecule has 0 spiro atoms. The Morgan fingerprint density at radius 3 is 1.89 bits per heavy atom. The van der Waals surface area contributed by atoms with E-state index in [1.54, 1.807) is 12.1 Å². The minimum Gasteiger partial charge on any atom is -0.495 e. The van der Waals surface area contributed by atoms with Crippen LogP contribution in [0, 0.1) is 0 Å². The molecule has 2 heterocycles. The topological polar surface area (TPSA) is 185 Å². The number of aliphatic imine (C=N–C) groups is 1. The SMILES string of the molecule is CCCCCCCCCCCCCCCCCCN1C(C(C(=O)Nc2cc(C(=O)OCCC)ccc2OC)n2cnc(C(=O)OC)c2C(=O)OC)=Nc2ccccc2S1(=O)=O. The Morgan fingerprint density at radius 1 is 0.721 bits per heavy atom. The molecule has 1 unspecified atom stereocenters. The molecule has 15 nitrogen and oxygen atoms in total. The minimum atomic E-state index is -4.31. The molecule has 61 heavy (non-hydrogen) atoms. The van der Waals surface area contributed by atoms with Gasteiger partial charge in [0, 0.05) is 6.54 Å². The number of benzene rings is 2. The summed E-state index contributed by atoms with van der Waals surface area (Å²) in [5.74, 6) is -3.66. The van der Waals surface area contributed by atoms with Crippen LogP contribution in [0.25, 0.3) is 0 Å². The Kier molecular flexibility index (Phi) is 19.7. The second kappa shape index (κ2) is 24.9. The van der Waals surface area contributed by atoms with Gasteiger partial charge in [-0.1, -0.05) is 122 Å². The van der Waals surface area contributed by atoms with Gasteiger partial charge in [0.1, 0.15) is 10.6 Å². The van der Waals surface area contributed by atoms with E-state index >= 15 is 0 Å². The van der Waals surface area contributed by atoms with Crippen LogP contribution >= 0.6 is 0 Å². The average Bonchev–Trinajstić information content (AvgIpc) is 3.70. The van der Waals surface area contributed by atoms with Crippen molar-refractivity contribution in [1.82, 2.24) is 13.9 Å². The van der Waals surface area contributed by atoms with Crippen molar-refractivity contribution < 1.29 is 46.5 Å². The number of fused-ring (bicyclic) bond motifs is 1. The number of para-hydroxylation sites is 1. The van der Waals surface area contributed by atoms with E-state index in [-0.39, 0.29) is 46.6 Å². The molecular weight excluding hydrogens is 803 g/mol. The number of ether oxygens (including phenoxy) is 4. The third kappa shape index (κ3) is 13.1. The fraction of sp³-hybridized carbons (Fsp3) is 0.556. The maximum Gasteiger partial charge on any atom is 0.359 e. The molecular formula is C45H63N5O10S. The zero-order valence-corrected chi connectivity index (χ0v) is 37.2. The molecule has 0 saturated carbocycles. The summed E-state index contributed by atoms with van der Waals surface area (Å²) in [4.78, 5) is 62.8. The number of hydrogen-bond donors (Lipinski definition) is 1. The van der Waals surface area contributed by atoms with Gasteiger partial charge >= 0.3 is 17.9 Å². The molecule has 1 atom stereocenters. The molecule has 1 aliphatic rings. The van der Waals surface area contributed by atoms with Crippen LogP contribution in [0.15, 0.2) is 58.7 Å². The Morgan fingerprint density at radius 2 is 1.31 bits per heavy atom. The number of unbranched alkanes of at least 4 members (excludes halogenated alkanes) is 15. The van der Waals surface area contributed by atoms with Crippen molar-refractivity contribution in [1.29, 1.82) is 0 Å². The molecule has 0 saturated heterocycles. The molecule has 1 N–H and O–H groups in total. The molecule has 0 radical (unpaired) electrons. The van der Waals surface area contributed by atoms with Gasteiger partial charge in [0.25, 0.3) is 15.9 Å². The quantitative estimate of drug-likeness (QED) is 0.0438. The normalized spacial score (nSPS) is 13.5. The zero-order valence-electron chi connectivity index (χ0n) is 36.4. The fourth-order valence-corrected chi connectivity index (χ4v) is 8.93. The highest BCUT2D eigenvalue weighted by atomic mass is 32.2. The molecule has 334 valence electrons. The number of aromatic nitrogens is 2. The standard InChI is InChI=1S/C45H63N5O10S/c1-6-8-9-10-11-12-13-14-15-16-17-18-19-20-21-24-29-50-41(47-34-25-22-23-26-37(34)61(50,55)56)40(49-32-46-38(44(53)58-4)39(49)45(54)59-5)42(51)48-35-31-33(27-28-36(35)57-3)43(52)60-30-7-2/h22-23,25-28,31-32,40H,6-21,24,29-30H2,1-5H3,(H,48,51). The number of amidine groups is 1. The van der Waals surface area contributed by atoms with E-state index in [9.17, 15) is 27.6 Å². The molecule has 0 aliphatic carbocycles. The summed E-state index contributed by atoms with van der Waals surface area (Å²) >= 11 is 0. The summed E-state index contributed by atoms with van der Waals surface area (Å²) in [5, 5.41) is 2.75.